The molecule has 0 fully saturated rings. The van der Waals surface area contributed by atoms with Crippen molar-refractivity contribution in [2.75, 3.05) is 0 Å². The van der Waals surface area contributed by atoms with E-state index in [-0.39, 0.29) is 6.04 Å². The predicted molar refractivity (Wildman–Crippen MR) is 126 cm³/mol. The Labute approximate surface area is 186 Å². The molecule has 0 aliphatic carbocycles. The van der Waals surface area contributed by atoms with E-state index < -0.39 is 16.1 Å². The van der Waals surface area contributed by atoms with E-state index in [4.69, 9.17) is 4.52 Å². The molecule has 0 spiro atoms. The number of hydrogen-bond acceptors (Lipinski definition) is 5. The third kappa shape index (κ3) is 4.82. The minimum Gasteiger partial charge on any atom is -0.598 e. The molecule has 0 radical (unpaired) electrons. The van der Waals surface area contributed by atoms with Crippen LogP contribution in [0.15, 0.2) is 71.4 Å². The van der Waals surface area contributed by atoms with E-state index in [9.17, 15) is 4.55 Å². The molecule has 1 N–H and O–H groups in total. The second-order valence-electron chi connectivity index (χ2n) is 8.70. The highest BCUT2D eigenvalue weighted by Gasteiger charge is 2.31. The maximum atomic E-state index is 13.0. The SMILES string of the molecule is Cc1ccc(C[C@H](N[S+]([O-])C(C)(C)C)c2ccccc2-c2noc3ccccc23)nc1. The monoisotopic (exact) mass is 433 g/mol. The van der Waals surface area contributed by atoms with E-state index in [0.717, 1.165) is 39.0 Å². The summed E-state index contributed by atoms with van der Waals surface area (Å²) in [5.74, 6) is 0. The standard InChI is InChI=1S/C25H27N3O2S/c1-17-13-14-18(26-16-17)15-22(28-31(29)25(2,3)4)19-9-5-6-10-20(19)24-21-11-7-8-12-23(21)30-27-24/h5-14,16,22,28H,15H2,1-4H3/t22-,31?/m0/s1. The third-order valence-corrected chi connectivity index (χ3v) is 6.77. The van der Waals surface area contributed by atoms with E-state index in [0.29, 0.717) is 6.42 Å². The fourth-order valence-electron chi connectivity index (χ4n) is 3.45. The Hall–Kier alpha value is -2.67. The first-order valence-corrected chi connectivity index (χ1v) is 11.5. The molecule has 2 aromatic heterocycles. The molecule has 5 nitrogen and oxygen atoms in total. The average molecular weight is 434 g/mol. The molecule has 0 amide bonds. The van der Waals surface area contributed by atoms with Crippen molar-refractivity contribution in [3.05, 3.63) is 83.7 Å². The van der Waals surface area contributed by atoms with Gasteiger partial charge in [0.25, 0.3) is 0 Å². The lowest BCUT2D eigenvalue weighted by Crippen LogP contribution is -2.42. The Morgan fingerprint density at radius 1 is 1.03 bits per heavy atom. The number of hydrogen-bond donors (Lipinski definition) is 1. The highest BCUT2D eigenvalue weighted by atomic mass is 32.2. The molecule has 0 bridgehead atoms. The molecule has 1 unspecified atom stereocenters. The summed E-state index contributed by atoms with van der Waals surface area (Å²) in [4.78, 5) is 4.58. The summed E-state index contributed by atoms with van der Waals surface area (Å²) in [5, 5.41) is 5.32. The predicted octanol–water partition coefficient (Wildman–Crippen LogP) is 5.53. The molecule has 2 heterocycles. The number of benzene rings is 2. The van der Waals surface area contributed by atoms with E-state index in [1.165, 1.54) is 0 Å². The average Bonchev–Trinajstić information content (AvgIpc) is 3.18. The van der Waals surface area contributed by atoms with Crippen molar-refractivity contribution in [2.24, 2.45) is 0 Å². The second-order valence-corrected chi connectivity index (χ2v) is 10.7. The van der Waals surface area contributed by atoms with Crippen molar-refractivity contribution in [3.63, 3.8) is 0 Å². The first kappa shape index (κ1) is 21.6. The molecular weight excluding hydrogens is 406 g/mol. The number of aromatic nitrogens is 2. The maximum Gasteiger partial charge on any atom is 0.167 e. The topological polar surface area (TPSA) is 74.0 Å². The first-order chi connectivity index (χ1) is 14.8. The van der Waals surface area contributed by atoms with Gasteiger partial charge < -0.3 is 9.08 Å². The van der Waals surface area contributed by atoms with Crippen LogP contribution in [0.5, 0.6) is 0 Å². The summed E-state index contributed by atoms with van der Waals surface area (Å²) in [7, 11) is 0. The summed E-state index contributed by atoms with van der Waals surface area (Å²) >= 11 is -1.25. The van der Waals surface area contributed by atoms with Gasteiger partial charge in [0.05, 0.1) is 6.04 Å². The molecule has 6 heteroatoms. The van der Waals surface area contributed by atoms with Gasteiger partial charge in [0, 0.05) is 40.6 Å². The van der Waals surface area contributed by atoms with Gasteiger partial charge in [0.15, 0.2) is 5.58 Å². The van der Waals surface area contributed by atoms with Gasteiger partial charge in [-0.2, -0.15) is 0 Å². The van der Waals surface area contributed by atoms with Crippen LogP contribution >= 0.6 is 0 Å². The van der Waals surface area contributed by atoms with Crippen molar-refractivity contribution in [1.82, 2.24) is 14.9 Å². The molecule has 0 aliphatic rings. The Morgan fingerprint density at radius 3 is 2.52 bits per heavy atom. The van der Waals surface area contributed by atoms with Gasteiger partial charge in [0.1, 0.15) is 10.4 Å². The van der Waals surface area contributed by atoms with Crippen LogP contribution in [0.3, 0.4) is 0 Å². The zero-order valence-corrected chi connectivity index (χ0v) is 19.1. The van der Waals surface area contributed by atoms with Crippen LogP contribution in [0.25, 0.3) is 22.2 Å². The molecular formula is C25H27N3O2S. The number of nitrogens with one attached hydrogen (secondary N) is 1. The van der Waals surface area contributed by atoms with Gasteiger partial charge in [-0.15, -0.1) is 4.72 Å². The van der Waals surface area contributed by atoms with Gasteiger partial charge in [-0.05, 0) is 57.0 Å². The maximum absolute atomic E-state index is 13.0. The van der Waals surface area contributed by atoms with Crippen LogP contribution < -0.4 is 4.72 Å². The van der Waals surface area contributed by atoms with E-state index in [2.05, 4.69) is 27.0 Å². The van der Waals surface area contributed by atoms with E-state index in [1.807, 2.05) is 82.4 Å². The lowest BCUT2D eigenvalue weighted by atomic mass is 9.94. The van der Waals surface area contributed by atoms with Crippen LogP contribution in [-0.2, 0) is 17.8 Å². The molecule has 31 heavy (non-hydrogen) atoms. The molecule has 0 saturated carbocycles. The Morgan fingerprint density at radius 2 is 1.77 bits per heavy atom. The number of rotatable bonds is 6. The summed E-state index contributed by atoms with van der Waals surface area (Å²) < 4.78 is 21.6. The number of para-hydroxylation sites is 1. The molecule has 0 saturated heterocycles. The minimum atomic E-state index is -1.25. The lowest BCUT2D eigenvalue weighted by molar-refractivity contribution is 0.459. The minimum absolute atomic E-state index is 0.207. The number of fused-ring (bicyclic) bond motifs is 1. The van der Waals surface area contributed by atoms with Crippen molar-refractivity contribution in [2.45, 2.75) is 44.9 Å². The zero-order chi connectivity index (χ0) is 22.0. The van der Waals surface area contributed by atoms with Crippen molar-refractivity contribution in [3.8, 4) is 11.3 Å². The van der Waals surface area contributed by atoms with Crippen molar-refractivity contribution >= 4 is 22.3 Å². The second kappa shape index (κ2) is 8.83. The summed E-state index contributed by atoms with van der Waals surface area (Å²) in [6.07, 6.45) is 2.47. The van der Waals surface area contributed by atoms with Gasteiger partial charge >= 0.3 is 0 Å². The third-order valence-electron chi connectivity index (χ3n) is 5.16. The smallest absolute Gasteiger partial charge is 0.167 e. The zero-order valence-electron chi connectivity index (χ0n) is 18.3. The van der Waals surface area contributed by atoms with Crippen LogP contribution in [0.1, 0.15) is 43.6 Å². The van der Waals surface area contributed by atoms with Crippen LogP contribution in [-0.4, -0.2) is 19.4 Å². The Balaban J connectivity index is 1.78. The largest absolute Gasteiger partial charge is 0.598 e. The number of pyridine rings is 1. The van der Waals surface area contributed by atoms with Gasteiger partial charge in [-0.25, -0.2) is 0 Å². The highest BCUT2D eigenvalue weighted by molar-refractivity contribution is 7.90. The summed E-state index contributed by atoms with van der Waals surface area (Å²) in [5.41, 5.74) is 5.56. The fourth-order valence-corrected chi connectivity index (χ4v) is 4.27. The number of aryl methyl sites for hydroxylation is 1. The van der Waals surface area contributed by atoms with Crippen LogP contribution in [0.4, 0.5) is 0 Å². The van der Waals surface area contributed by atoms with Crippen molar-refractivity contribution < 1.29 is 9.08 Å². The molecule has 160 valence electrons. The summed E-state index contributed by atoms with van der Waals surface area (Å²) in [6.45, 7) is 7.92. The van der Waals surface area contributed by atoms with Crippen LogP contribution in [0, 0.1) is 6.92 Å². The van der Waals surface area contributed by atoms with E-state index in [1.54, 1.807) is 0 Å². The molecule has 0 aliphatic heterocycles. The quantitative estimate of drug-likeness (QED) is 0.405. The molecule has 2 atom stereocenters. The Kier molecular flexibility index (Phi) is 6.14. The fraction of sp³-hybridized carbons (Fsp3) is 0.280. The van der Waals surface area contributed by atoms with Crippen LogP contribution in [0.2, 0.25) is 0 Å². The Bertz CT molecular complexity index is 1170. The summed E-state index contributed by atoms with van der Waals surface area (Å²) in [6, 6.07) is 19.8. The molecule has 4 rings (SSSR count). The van der Waals surface area contributed by atoms with Gasteiger partial charge in [0.2, 0.25) is 0 Å². The van der Waals surface area contributed by atoms with Crippen molar-refractivity contribution in [1.29, 1.82) is 0 Å². The highest BCUT2D eigenvalue weighted by Crippen LogP contribution is 2.34. The van der Waals surface area contributed by atoms with Gasteiger partial charge in [-0.3, -0.25) is 4.98 Å². The lowest BCUT2D eigenvalue weighted by Gasteiger charge is -2.29. The van der Waals surface area contributed by atoms with Gasteiger partial charge in [-0.1, -0.05) is 47.6 Å². The first-order valence-electron chi connectivity index (χ1n) is 10.4. The molecule has 2 aromatic carbocycles. The number of nitrogens with zero attached hydrogens (tertiary/aromatic N) is 2. The normalized spacial score (nSPS) is 14.0. The molecule has 4 aromatic rings. The van der Waals surface area contributed by atoms with E-state index >= 15 is 0 Å².